The van der Waals surface area contributed by atoms with Crippen molar-refractivity contribution in [3.05, 3.63) is 23.8 Å². The van der Waals surface area contributed by atoms with E-state index in [9.17, 15) is 14.4 Å². The van der Waals surface area contributed by atoms with E-state index < -0.39 is 5.60 Å². The Kier molecular flexibility index (Phi) is 4.36. The highest BCUT2D eigenvalue weighted by molar-refractivity contribution is 6.01. The van der Waals surface area contributed by atoms with Crippen molar-refractivity contribution in [2.45, 2.75) is 31.8 Å². The highest BCUT2D eigenvalue weighted by atomic mass is 16.6. The van der Waals surface area contributed by atoms with Crippen LogP contribution in [0.4, 0.5) is 10.5 Å². The van der Waals surface area contributed by atoms with Gasteiger partial charge in [-0.25, -0.2) is 9.59 Å². The Morgan fingerprint density at radius 3 is 2.83 bits per heavy atom. The quantitative estimate of drug-likeness (QED) is 0.614. The van der Waals surface area contributed by atoms with Crippen LogP contribution in [0.25, 0.3) is 0 Å². The summed E-state index contributed by atoms with van der Waals surface area (Å²) in [6.45, 7) is 3.10. The summed E-state index contributed by atoms with van der Waals surface area (Å²) in [6.07, 6.45) is 2.54. The van der Waals surface area contributed by atoms with Crippen LogP contribution in [0.5, 0.6) is 5.75 Å². The first-order valence-corrected chi connectivity index (χ1v) is 7.93. The van der Waals surface area contributed by atoms with Gasteiger partial charge in [-0.3, -0.25) is 4.79 Å². The molecule has 0 saturated carbocycles. The molecule has 1 saturated heterocycles. The van der Waals surface area contributed by atoms with Crippen LogP contribution in [0.3, 0.4) is 0 Å². The predicted molar refractivity (Wildman–Crippen MR) is 84.4 cm³/mol. The average molecular weight is 330 g/mol. The van der Waals surface area contributed by atoms with E-state index in [1.807, 2.05) is 0 Å². The van der Waals surface area contributed by atoms with Gasteiger partial charge in [0.25, 0.3) is 0 Å². The highest BCUT2D eigenvalue weighted by Crippen LogP contribution is 2.40. The molecule has 1 aromatic carbocycles. The Morgan fingerprint density at radius 2 is 2.17 bits per heavy atom. The molecule has 7 heteroatoms. The minimum absolute atomic E-state index is 0.0382. The number of piperidine rings is 1. The van der Waals surface area contributed by atoms with E-state index in [1.54, 1.807) is 30.0 Å². The van der Waals surface area contributed by atoms with Crippen LogP contribution in [0.15, 0.2) is 23.2 Å². The van der Waals surface area contributed by atoms with E-state index in [0.717, 1.165) is 0 Å². The van der Waals surface area contributed by atoms with Gasteiger partial charge in [-0.2, -0.15) is 4.99 Å². The van der Waals surface area contributed by atoms with Crippen molar-refractivity contribution in [2.75, 3.05) is 19.7 Å². The number of aliphatic imine (C=N–C) groups is 1. The number of isocyanates is 1. The van der Waals surface area contributed by atoms with Crippen LogP contribution in [0.2, 0.25) is 0 Å². The molecular weight excluding hydrogens is 312 g/mol. The van der Waals surface area contributed by atoms with Gasteiger partial charge >= 0.3 is 6.09 Å². The lowest BCUT2D eigenvalue weighted by atomic mass is 9.82. The number of hydrogen-bond donors (Lipinski definition) is 0. The van der Waals surface area contributed by atoms with Gasteiger partial charge < -0.3 is 14.4 Å². The molecule has 3 rings (SSSR count). The van der Waals surface area contributed by atoms with Gasteiger partial charge in [0.15, 0.2) is 5.78 Å². The van der Waals surface area contributed by atoms with Crippen LogP contribution in [0, 0.1) is 0 Å². The number of ketones is 1. The molecule has 2 aliphatic heterocycles. The minimum Gasteiger partial charge on any atom is -0.486 e. The standard InChI is InChI=1S/C17H18N2O5/c1-2-23-16(22)19-7-5-17(6-8-19)10-14(21)13-9-12(18-11-20)3-4-15(13)24-17/h3-4,9H,2,5-8,10H2,1H3. The van der Waals surface area contributed by atoms with E-state index in [-0.39, 0.29) is 18.3 Å². The van der Waals surface area contributed by atoms with Crippen molar-refractivity contribution in [1.29, 1.82) is 0 Å². The maximum atomic E-state index is 12.5. The predicted octanol–water partition coefficient (Wildman–Crippen LogP) is 2.61. The van der Waals surface area contributed by atoms with E-state index >= 15 is 0 Å². The normalized spacial score (nSPS) is 18.4. The first kappa shape index (κ1) is 16.2. The number of nitrogens with zero attached hydrogens (tertiary/aromatic N) is 2. The average Bonchev–Trinajstić information content (AvgIpc) is 2.57. The molecular formula is C17H18N2O5. The molecule has 1 spiro atoms. The SMILES string of the molecule is CCOC(=O)N1CCC2(CC1)CC(=O)c1cc(N=C=O)ccc1O2. The lowest BCUT2D eigenvalue weighted by Crippen LogP contribution is -2.52. The summed E-state index contributed by atoms with van der Waals surface area (Å²) in [5.74, 6) is 0.462. The third-order valence-corrected chi connectivity index (χ3v) is 4.45. The van der Waals surface area contributed by atoms with Crippen molar-refractivity contribution in [3.8, 4) is 5.75 Å². The summed E-state index contributed by atoms with van der Waals surface area (Å²) in [6, 6.07) is 4.81. The number of fused-ring (bicyclic) bond motifs is 1. The van der Waals surface area contributed by atoms with Crippen molar-refractivity contribution in [1.82, 2.24) is 4.90 Å². The number of carbonyl (C=O) groups excluding carboxylic acids is 3. The fraction of sp³-hybridized carbons (Fsp3) is 0.471. The van der Waals surface area contributed by atoms with Crippen molar-refractivity contribution in [3.63, 3.8) is 0 Å². The highest BCUT2D eigenvalue weighted by Gasteiger charge is 2.43. The zero-order chi connectivity index (χ0) is 17.2. The number of carbonyl (C=O) groups is 2. The molecule has 1 amide bonds. The fourth-order valence-electron chi connectivity index (χ4n) is 3.19. The fourth-order valence-corrected chi connectivity index (χ4v) is 3.19. The molecule has 0 aliphatic carbocycles. The van der Waals surface area contributed by atoms with Crippen molar-refractivity contribution in [2.24, 2.45) is 4.99 Å². The Labute approximate surface area is 139 Å². The number of ether oxygens (including phenoxy) is 2. The van der Waals surface area contributed by atoms with E-state index in [4.69, 9.17) is 9.47 Å². The largest absolute Gasteiger partial charge is 0.486 e. The molecule has 7 nitrogen and oxygen atoms in total. The van der Waals surface area contributed by atoms with Crippen molar-refractivity contribution < 1.29 is 23.9 Å². The van der Waals surface area contributed by atoms with Crippen LogP contribution >= 0.6 is 0 Å². The summed E-state index contributed by atoms with van der Waals surface area (Å²) < 4.78 is 11.1. The van der Waals surface area contributed by atoms with Gasteiger partial charge in [0, 0.05) is 25.9 Å². The van der Waals surface area contributed by atoms with Gasteiger partial charge in [-0.15, -0.1) is 0 Å². The lowest BCUT2D eigenvalue weighted by Gasteiger charge is -2.43. The molecule has 0 aromatic heterocycles. The number of rotatable bonds is 2. The van der Waals surface area contributed by atoms with E-state index in [1.165, 1.54) is 6.08 Å². The molecule has 1 fully saturated rings. The minimum atomic E-state index is -0.581. The number of likely N-dealkylation sites (tertiary alicyclic amines) is 1. The summed E-state index contributed by atoms with van der Waals surface area (Å²) in [4.78, 5) is 39.8. The maximum Gasteiger partial charge on any atom is 0.409 e. The van der Waals surface area contributed by atoms with Crippen LogP contribution in [-0.4, -0.2) is 48.2 Å². The number of benzene rings is 1. The van der Waals surface area contributed by atoms with Gasteiger partial charge in [0.05, 0.1) is 24.3 Å². The molecule has 2 aliphatic rings. The van der Waals surface area contributed by atoms with Crippen LogP contribution in [0.1, 0.15) is 36.5 Å². The molecule has 0 unspecified atom stereocenters. The smallest absolute Gasteiger partial charge is 0.409 e. The lowest BCUT2D eigenvalue weighted by molar-refractivity contribution is -0.00858. The third-order valence-electron chi connectivity index (χ3n) is 4.45. The molecule has 2 heterocycles. The Hall–Kier alpha value is -2.66. The van der Waals surface area contributed by atoms with Crippen LogP contribution in [-0.2, 0) is 9.53 Å². The number of amides is 1. The zero-order valence-electron chi connectivity index (χ0n) is 13.4. The molecule has 24 heavy (non-hydrogen) atoms. The Balaban J connectivity index is 1.75. The summed E-state index contributed by atoms with van der Waals surface area (Å²) in [5, 5.41) is 0. The maximum absolute atomic E-state index is 12.5. The monoisotopic (exact) mass is 330 g/mol. The van der Waals surface area contributed by atoms with Crippen LogP contribution < -0.4 is 4.74 Å². The Morgan fingerprint density at radius 1 is 1.42 bits per heavy atom. The summed E-state index contributed by atoms with van der Waals surface area (Å²) >= 11 is 0. The van der Waals surface area contributed by atoms with E-state index in [0.29, 0.717) is 49.5 Å². The van der Waals surface area contributed by atoms with Crippen molar-refractivity contribution >= 4 is 23.6 Å². The second-order valence-electron chi connectivity index (χ2n) is 5.95. The van der Waals surface area contributed by atoms with Gasteiger partial charge in [-0.1, -0.05) is 0 Å². The number of hydrogen-bond acceptors (Lipinski definition) is 6. The molecule has 0 radical (unpaired) electrons. The van der Waals surface area contributed by atoms with Gasteiger partial charge in [-0.05, 0) is 25.1 Å². The first-order valence-electron chi connectivity index (χ1n) is 7.93. The van der Waals surface area contributed by atoms with E-state index in [2.05, 4.69) is 4.99 Å². The van der Waals surface area contributed by atoms with Gasteiger partial charge in [0.2, 0.25) is 6.08 Å². The van der Waals surface area contributed by atoms with Gasteiger partial charge in [0.1, 0.15) is 11.4 Å². The molecule has 0 atom stereocenters. The molecule has 1 aromatic rings. The second-order valence-corrected chi connectivity index (χ2v) is 5.95. The first-order chi connectivity index (χ1) is 11.6. The molecule has 0 bridgehead atoms. The molecule has 126 valence electrons. The zero-order valence-corrected chi connectivity index (χ0v) is 13.4. The Bertz CT molecular complexity index is 716. The summed E-state index contributed by atoms with van der Waals surface area (Å²) in [7, 11) is 0. The molecule has 0 N–H and O–H groups in total. The second kappa shape index (κ2) is 6.45. The number of Topliss-reactive ketones (excluding diaryl/α,β-unsaturated/α-hetero) is 1. The third kappa shape index (κ3) is 3.03. The summed E-state index contributed by atoms with van der Waals surface area (Å²) in [5.41, 5.74) is 0.237. The topological polar surface area (TPSA) is 85.3 Å².